The number of halogens is 2. The fourth-order valence-corrected chi connectivity index (χ4v) is 4.89. The Labute approximate surface area is 205 Å². The molecule has 1 saturated heterocycles. The van der Waals surface area contributed by atoms with E-state index in [9.17, 15) is 10.4 Å². The normalized spacial score (nSPS) is 16.6. The van der Waals surface area contributed by atoms with Crippen LogP contribution in [0.5, 0.6) is 5.75 Å². The van der Waals surface area contributed by atoms with Crippen molar-refractivity contribution in [3.8, 4) is 23.1 Å². The van der Waals surface area contributed by atoms with Gasteiger partial charge in [0, 0.05) is 48.2 Å². The summed E-state index contributed by atoms with van der Waals surface area (Å²) in [6, 6.07) is 9.59. The van der Waals surface area contributed by atoms with Crippen molar-refractivity contribution in [2.45, 2.75) is 25.6 Å². The topological polar surface area (TPSA) is 111 Å². The molecule has 1 unspecified atom stereocenters. The van der Waals surface area contributed by atoms with E-state index < -0.39 is 12.2 Å². The molecule has 0 amide bonds. The summed E-state index contributed by atoms with van der Waals surface area (Å²) in [6.45, 7) is 3.00. The smallest absolute Gasteiger partial charge is 0.146 e. The highest BCUT2D eigenvalue weighted by molar-refractivity contribution is 6.35. The number of benzene rings is 1. The van der Waals surface area contributed by atoms with Gasteiger partial charge in [-0.15, -0.1) is 0 Å². The highest BCUT2D eigenvalue weighted by Gasteiger charge is 2.24. The first kappa shape index (κ1) is 22.4. The Hall–Kier alpha value is -3.38. The lowest BCUT2D eigenvalue weighted by Crippen LogP contribution is -2.23. The number of anilines is 1. The quantitative estimate of drug-likeness (QED) is 0.405. The lowest BCUT2D eigenvalue weighted by atomic mass is 10.1. The predicted molar refractivity (Wildman–Crippen MR) is 130 cm³/mol. The molecule has 4 aromatic rings. The Kier molecular flexibility index (Phi) is 6.00. The van der Waals surface area contributed by atoms with Gasteiger partial charge in [0.15, 0.2) is 0 Å². The first-order chi connectivity index (χ1) is 16.4. The fourth-order valence-electron chi connectivity index (χ4n) is 4.21. The number of nitrogens with zero attached hydrogens (tertiary/aromatic N) is 5. The summed E-state index contributed by atoms with van der Waals surface area (Å²) >= 11 is 12.6. The van der Waals surface area contributed by atoms with E-state index in [2.05, 4.69) is 26.2 Å². The number of rotatable bonds is 5. The van der Waals surface area contributed by atoms with Gasteiger partial charge in [0.1, 0.15) is 29.4 Å². The number of ether oxygens (including phenoxy) is 1. The molecule has 0 saturated carbocycles. The molecule has 5 rings (SSSR count). The van der Waals surface area contributed by atoms with E-state index in [0.29, 0.717) is 63.5 Å². The van der Waals surface area contributed by atoms with Crippen molar-refractivity contribution in [3.63, 3.8) is 0 Å². The van der Waals surface area contributed by atoms with Gasteiger partial charge >= 0.3 is 0 Å². The van der Waals surface area contributed by atoms with Crippen LogP contribution in [0.25, 0.3) is 22.2 Å². The molecule has 0 aliphatic carbocycles. The summed E-state index contributed by atoms with van der Waals surface area (Å²) in [4.78, 5) is 10.4. The number of aromatic nitrogens is 4. The molecule has 1 aromatic carbocycles. The number of aliphatic hydroxyl groups is 1. The molecular weight excluding hydrogens is 475 g/mol. The second-order valence-electron chi connectivity index (χ2n) is 8.15. The summed E-state index contributed by atoms with van der Waals surface area (Å²) in [5, 5.41) is 28.7. The van der Waals surface area contributed by atoms with Gasteiger partial charge in [0.25, 0.3) is 0 Å². The number of fused-ring (bicyclic) bond motifs is 1. The fraction of sp³-hybridized carbons (Fsp3) is 0.250. The molecule has 1 fully saturated rings. The maximum atomic E-state index is 9.84. The Bertz CT molecular complexity index is 1400. The van der Waals surface area contributed by atoms with Crippen LogP contribution in [0.15, 0.2) is 42.9 Å². The standard InChI is InChI=1S/C24H20Cl2N6O2/c1-13(22-19(25)10-28-11-20(22)26)34-17-2-3-21-18(7-17)23(31-30-21)15-6-14(8-27)24(29-9-15)32-5-4-16(33)12-32/h2-3,6-7,9-11,13,16,33H,4-5,12H2,1H3,(H,30,31)/t13?,16-/m0/s1. The molecule has 2 N–H and O–H groups in total. The summed E-state index contributed by atoms with van der Waals surface area (Å²) in [7, 11) is 0. The van der Waals surface area contributed by atoms with Gasteiger partial charge in [-0.3, -0.25) is 10.1 Å². The van der Waals surface area contributed by atoms with Crippen molar-refractivity contribution in [2.75, 3.05) is 18.0 Å². The number of nitrogens with one attached hydrogen (secondary N) is 1. The zero-order chi connectivity index (χ0) is 23.8. The van der Waals surface area contributed by atoms with Crippen molar-refractivity contribution in [1.82, 2.24) is 20.2 Å². The molecule has 3 aromatic heterocycles. The average Bonchev–Trinajstić information content (AvgIpc) is 3.44. The van der Waals surface area contributed by atoms with Crippen LogP contribution in [0.3, 0.4) is 0 Å². The van der Waals surface area contributed by atoms with Crippen LogP contribution in [0, 0.1) is 11.3 Å². The minimum atomic E-state index is -0.405. The van der Waals surface area contributed by atoms with Gasteiger partial charge in [-0.1, -0.05) is 23.2 Å². The molecule has 0 bridgehead atoms. The largest absolute Gasteiger partial charge is 0.486 e. The first-order valence-electron chi connectivity index (χ1n) is 10.7. The highest BCUT2D eigenvalue weighted by atomic mass is 35.5. The van der Waals surface area contributed by atoms with Crippen LogP contribution in [-0.2, 0) is 0 Å². The minimum Gasteiger partial charge on any atom is -0.486 e. The first-order valence-corrected chi connectivity index (χ1v) is 11.5. The Morgan fingerprint density at radius 1 is 1.24 bits per heavy atom. The van der Waals surface area contributed by atoms with Gasteiger partial charge in [-0.05, 0) is 37.6 Å². The molecule has 1 aliphatic heterocycles. The lowest BCUT2D eigenvalue weighted by Gasteiger charge is -2.18. The van der Waals surface area contributed by atoms with Gasteiger partial charge in [0.2, 0.25) is 0 Å². The Balaban J connectivity index is 1.47. The number of β-amino-alcohol motifs (C(OH)–C–C–N with tert-alkyl or cyclic N) is 1. The minimum absolute atomic E-state index is 0.402. The molecule has 10 heteroatoms. The maximum Gasteiger partial charge on any atom is 0.146 e. The molecule has 0 radical (unpaired) electrons. The van der Waals surface area contributed by atoms with Crippen LogP contribution in [0.1, 0.15) is 30.6 Å². The van der Waals surface area contributed by atoms with Crippen molar-refractivity contribution >= 4 is 39.9 Å². The highest BCUT2D eigenvalue weighted by Crippen LogP contribution is 2.35. The van der Waals surface area contributed by atoms with Crippen molar-refractivity contribution in [3.05, 3.63) is 64.0 Å². The summed E-state index contributed by atoms with van der Waals surface area (Å²) in [6.07, 6.45) is 4.62. The third kappa shape index (κ3) is 4.14. The van der Waals surface area contributed by atoms with Crippen LogP contribution >= 0.6 is 23.2 Å². The molecule has 172 valence electrons. The van der Waals surface area contributed by atoms with E-state index in [1.165, 1.54) is 12.4 Å². The number of nitriles is 1. The van der Waals surface area contributed by atoms with Crippen molar-refractivity contribution in [1.29, 1.82) is 5.26 Å². The van der Waals surface area contributed by atoms with Crippen molar-refractivity contribution < 1.29 is 9.84 Å². The number of aliphatic hydroxyl groups excluding tert-OH is 1. The van der Waals surface area contributed by atoms with E-state index in [0.717, 1.165) is 10.9 Å². The van der Waals surface area contributed by atoms with E-state index in [4.69, 9.17) is 27.9 Å². The zero-order valence-electron chi connectivity index (χ0n) is 18.2. The number of hydrogen-bond acceptors (Lipinski definition) is 7. The van der Waals surface area contributed by atoms with E-state index in [1.54, 1.807) is 12.3 Å². The Morgan fingerprint density at radius 2 is 2.03 bits per heavy atom. The molecule has 4 heterocycles. The number of pyridine rings is 2. The van der Waals surface area contributed by atoms with Gasteiger partial charge in [-0.25, -0.2) is 4.98 Å². The SMILES string of the molecule is CC(Oc1ccc2[nH]nc(-c3cnc(N4CC[C@H](O)C4)c(C#N)c3)c2c1)c1c(Cl)cncc1Cl. The van der Waals surface area contributed by atoms with Gasteiger partial charge in [0.05, 0.1) is 27.2 Å². The van der Waals surface area contributed by atoms with Crippen LogP contribution in [0.2, 0.25) is 10.0 Å². The predicted octanol–water partition coefficient (Wildman–Crippen LogP) is 4.91. The van der Waals surface area contributed by atoms with Crippen molar-refractivity contribution in [2.24, 2.45) is 0 Å². The van der Waals surface area contributed by atoms with E-state index in [-0.39, 0.29) is 0 Å². The molecule has 8 nitrogen and oxygen atoms in total. The summed E-state index contributed by atoms with van der Waals surface area (Å²) < 4.78 is 6.14. The molecule has 2 atom stereocenters. The van der Waals surface area contributed by atoms with Crippen LogP contribution < -0.4 is 9.64 Å². The van der Waals surface area contributed by atoms with Crippen LogP contribution in [0.4, 0.5) is 5.82 Å². The zero-order valence-corrected chi connectivity index (χ0v) is 19.7. The third-order valence-electron chi connectivity index (χ3n) is 5.87. The number of H-pyrrole nitrogens is 1. The summed E-state index contributed by atoms with van der Waals surface area (Å²) in [5.74, 6) is 1.19. The maximum absolute atomic E-state index is 9.84. The molecular formula is C24H20Cl2N6O2. The van der Waals surface area contributed by atoms with Gasteiger partial charge in [-0.2, -0.15) is 10.4 Å². The molecule has 0 spiro atoms. The molecule has 1 aliphatic rings. The average molecular weight is 495 g/mol. The van der Waals surface area contributed by atoms with E-state index >= 15 is 0 Å². The second-order valence-corrected chi connectivity index (χ2v) is 8.97. The lowest BCUT2D eigenvalue weighted by molar-refractivity contribution is 0.198. The summed E-state index contributed by atoms with van der Waals surface area (Å²) in [5.41, 5.74) is 3.28. The van der Waals surface area contributed by atoms with Gasteiger partial charge < -0.3 is 14.7 Å². The second kappa shape index (κ2) is 9.11. The van der Waals surface area contributed by atoms with E-state index in [1.807, 2.05) is 30.0 Å². The molecule has 34 heavy (non-hydrogen) atoms. The monoisotopic (exact) mass is 494 g/mol. The number of hydrogen-bond donors (Lipinski definition) is 2. The van der Waals surface area contributed by atoms with Crippen LogP contribution in [-0.4, -0.2) is 44.5 Å². The third-order valence-corrected chi connectivity index (χ3v) is 6.47. The number of aromatic amines is 1. The Morgan fingerprint density at radius 3 is 2.74 bits per heavy atom.